The van der Waals surface area contributed by atoms with E-state index in [1.54, 1.807) is 6.07 Å². The van der Waals surface area contributed by atoms with Crippen molar-refractivity contribution in [2.75, 3.05) is 11.9 Å². The van der Waals surface area contributed by atoms with Crippen molar-refractivity contribution in [3.05, 3.63) is 23.9 Å². The second-order valence-corrected chi connectivity index (χ2v) is 4.78. The maximum Gasteiger partial charge on any atom is 0.335 e. The van der Waals surface area contributed by atoms with E-state index < -0.39 is 5.97 Å². The Labute approximate surface area is 101 Å². The molecule has 1 aromatic rings. The van der Waals surface area contributed by atoms with E-state index in [4.69, 9.17) is 5.11 Å². The summed E-state index contributed by atoms with van der Waals surface area (Å²) in [6, 6.07) is 3.09. The third-order valence-corrected chi connectivity index (χ3v) is 3.59. The molecule has 0 amide bonds. The van der Waals surface area contributed by atoms with Crippen LogP contribution in [-0.2, 0) is 0 Å². The minimum Gasteiger partial charge on any atom is -0.478 e. The van der Waals surface area contributed by atoms with E-state index in [1.165, 1.54) is 31.5 Å². The van der Waals surface area contributed by atoms with Gasteiger partial charge in [0.25, 0.3) is 0 Å². The van der Waals surface area contributed by atoms with Crippen LogP contribution in [0.5, 0.6) is 0 Å². The summed E-state index contributed by atoms with van der Waals surface area (Å²) in [5.41, 5.74) is 0.280. The molecule has 1 saturated carbocycles. The molecule has 0 spiro atoms. The number of carboxylic acids is 1. The molecule has 2 N–H and O–H groups in total. The van der Waals surface area contributed by atoms with Gasteiger partial charge in [0.15, 0.2) is 0 Å². The topological polar surface area (TPSA) is 62.2 Å². The molecular formula is C13H18N2O2. The first-order valence-electron chi connectivity index (χ1n) is 6.10. The van der Waals surface area contributed by atoms with Crippen LogP contribution in [0.25, 0.3) is 0 Å². The van der Waals surface area contributed by atoms with Crippen molar-refractivity contribution in [3.8, 4) is 0 Å². The van der Waals surface area contributed by atoms with Crippen LogP contribution in [0.15, 0.2) is 18.3 Å². The number of carbonyl (C=O) groups is 1. The number of carboxylic acid groups (broad SMARTS) is 1. The summed E-state index contributed by atoms with van der Waals surface area (Å²) in [5, 5.41) is 12.1. The Morgan fingerprint density at radius 3 is 3.06 bits per heavy atom. The van der Waals surface area contributed by atoms with Crippen LogP contribution in [-0.4, -0.2) is 22.6 Å². The van der Waals surface area contributed by atoms with Crippen LogP contribution in [0.4, 0.5) is 5.82 Å². The molecule has 1 fully saturated rings. The summed E-state index contributed by atoms with van der Waals surface area (Å²) in [5.74, 6) is 1.18. The van der Waals surface area contributed by atoms with Gasteiger partial charge < -0.3 is 10.4 Å². The van der Waals surface area contributed by atoms with Crippen molar-refractivity contribution < 1.29 is 9.90 Å². The Bertz CT molecular complexity index is 406. The Morgan fingerprint density at radius 2 is 2.41 bits per heavy atom. The predicted molar refractivity (Wildman–Crippen MR) is 66.2 cm³/mol. The average molecular weight is 234 g/mol. The molecule has 4 heteroatoms. The molecule has 1 heterocycles. The standard InChI is InChI=1S/C13H18N2O2/c1-9-3-2-4-11(9)8-15-12-7-10(13(16)17)5-6-14-12/h5-7,9,11H,2-4,8H2,1H3,(H,14,15)(H,16,17). The highest BCUT2D eigenvalue weighted by atomic mass is 16.4. The molecule has 4 nitrogen and oxygen atoms in total. The van der Waals surface area contributed by atoms with Gasteiger partial charge in [0.2, 0.25) is 0 Å². The molecule has 1 aliphatic carbocycles. The van der Waals surface area contributed by atoms with E-state index in [0.29, 0.717) is 11.7 Å². The van der Waals surface area contributed by atoms with Gasteiger partial charge in [0.05, 0.1) is 5.56 Å². The lowest BCUT2D eigenvalue weighted by Gasteiger charge is -2.16. The minimum absolute atomic E-state index is 0.280. The van der Waals surface area contributed by atoms with Crippen LogP contribution in [0.3, 0.4) is 0 Å². The number of hydrogen-bond donors (Lipinski definition) is 2. The van der Waals surface area contributed by atoms with Gasteiger partial charge in [-0.25, -0.2) is 9.78 Å². The fourth-order valence-electron chi connectivity index (χ4n) is 2.42. The smallest absolute Gasteiger partial charge is 0.335 e. The summed E-state index contributed by atoms with van der Waals surface area (Å²) in [4.78, 5) is 14.9. The third kappa shape index (κ3) is 2.96. The molecule has 0 aliphatic heterocycles. The molecular weight excluding hydrogens is 216 g/mol. The number of nitrogens with one attached hydrogen (secondary N) is 1. The van der Waals surface area contributed by atoms with Crippen molar-refractivity contribution >= 4 is 11.8 Å². The summed E-state index contributed by atoms with van der Waals surface area (Å²) in [6.45, 7) is 3.16. The lowest BCUT2D eigenvalue weighted by atomic mass is 9.98. The molecule has 0 aromatic carbocycles. The van der Waals surface area contributed by atoms with Crippen molar-refractivity contribution in [2.45, 2.75) is 26.2 Å². The maximum atomic E-state index is 10.8. The number of aromatic carboxylic acids is 1. The largest absolute Gasteiger partial charge is 0.478 e. The molecule has 17 heavy (non-hydrogen) atoms. The number of anilines is 1. The normalized spacial score (nSPS) is 23.6. The van der Waals surface area contributed by atoms with Gasteiger partial charge in [-0.1, -0.05) is 19.8 Å². The quantitative estimate of drug-likeness (QED) is 0.840. The SMILES string of the molecule is CC1CCCC1CNc1cc(C(=O)O)ccn1. The van der Waals surface area contributed by atoms with Crippen molar-refractivity contribution in [1.82, 2.24) is 4.98 Å². The Morgan fingerprint density at radius 1 is 1.59 bits per heavy atom. The fraction of sp³-hybridized carbons (Fsp3) is 0.538. The molecule has 0 saturated heterocycles. The van der Waals surface area contributed by atoms with Gasteiger partial charge in [-0.3, -0.25) is 0 Å². The fourth-order valence-corrected chi connectivity index (χ4v) is 2.42. The van der Waals surface area contributed by atoms with Crippen LogP contribution in [0.2, 0.25) is 0 Å². The Hall–Kier alpha value is -1.58. The van der Waals surface area contributed by atoms with E-state index in [2.05, 4.69) is 17.2 Å². The highest BCUT2D eigenvalue weighted by Crippen LogP contribution is 2.31. The molecule has 1 aliphatic rings. The zero-order valence-electron chi connectivity index (χ0n) is 10.0. The highest BCUT2D eigenvalue weighted by Gasteiger charge is 2.22. The number of nitrogens with zero attached hydrogens (tertiary/aromatic N) is 1. The number of rotatable bonds is 4. The third-order valence-electron chi connectivity index (χ3n) is 3.59. The van der Waals surface area contributed by atoms with Crippen LogP contribution in [0.1, 0.15) is 36.5 Å². The second kappa shape index (κ2) is 5.17. The summed E-state index contributed by atoms with van der Waals surface area (Å²) in [7, 11) is 0. The van der Waals surface area contributed by atoms with E-state index in [1.807, 2.05) is 0 Å². The van der Waals surface area contributed by atoms with E-state index in [9.17, 15) is 4.79 Å². The van der Waals surface area contributed by atoms with Crippen LogP contribution in [0, 0.1) is 11.8 Å². The number of hydrogen-bond acceptors (Lipinski definition) is 3. The van der Waals surface area contributed by atoms with Gasteiger partial charge in [-0.15, -0.1) is 0 Å². The van der Waals surface area contributed by atoms with E-state index in [-0.39, 0.29) is 5.56 Å². The number of pyridine rings is 1. The van der Waals surface area contributed by atoms with Gasteiger partial charge in [0.1, 0.15) is 5.82 Å². The molecule has 2 rings (SSSR count). The molecule has 2 atom stereocenters. The summed E-state index contributed by atoms with van der Waals surface area (Å²) in [6.07, 6.45) is 5.39. The molecule has 0 bridgehead atoms. The zero-order chi connectivity index (χ0) is 12.3. The highest BCUT2D eigenvalue weighted by molar-refractivity contribution is 5.88. The predicted octanol–water partition coefficient (Wildman–Crippen LogP) is 2.63. The van der Waals surface area contributed by atoms with Gasteiger partial charge in [-0.2, -0.15) is 0 Å². The Balaban J connectivity index is 1.94. The summed E-state index contributed by atoms with van der Waals surface area (Å²) < 4.78 is 0. The first kappa shape index (κ1) is 11.9. The summed E-state index contributed by atoms with van der Waals surface area (Å²) >= 11 is 0. The van der Waals surface area contributed by atoms with Crippen molar-refractivity contribution in [2.24, 2.45) is 11.8 Å². The first-order chi connectivity index (χ1) is 8.16. The second-order valence-electron chi connectivity index (χ2n) is 4.78. The van der Waals surface area contributed by atoms with Gasteiger partial charge >= 0.3 is 5.97 Å². The maximum absolute atomic E-state index is 10.8. The van der Waals surface area contributed by atoms with Gasteiger partial charge in [0, 0.05) is 12.7 Å². The lowest BCUT2D eigenvalue weighted by molar-refractivity contribution is 0.0697. The van der Waals surface area contributed by atoms with Crippen molar-refractivity contribution in [3.63, 3.8) is 0 Å². The minimum atomic E-state index is -0.912. The van der Waals surface area contributed by atoms with Crippen LogP contribution < -0.4 is 5.32 Å². The Kier molecular flexibility index (Phi) is 3.61. The van der Waals surface area contributed by atoms with E-state index in [0.717, 1.165) is 12.5 Å². The first-order valence-corrected chi connectivity index (χ1v) is 6.10. The van der Waals surface area contributed by atoms with Crippen molar-refractivity contribution in [1.29, 1.82) is 0 Å². The van der Waals surface area contributed by atoms with Gasteiger partial charge in [-0.05, 0) is 30.4 Å². The molecule has 92 valence electrons. The van der Waals surface area contributed by atoms with Crippen LogP contribution >= 0.6 is 0 Å². The molecule has 0 radical (unpaired) electrons. The molecule has 2 unspecified atom stereocenters. The number of aromatic nitrogens is 1. The zero-order valence-corrected chi connectivity index (χ0v) is 10.0. The monoisotopic (exact) mass is 234 g/mol. The molecule has 1 aromatic heterocycles. The average Bonchev–Trinajstić information content (AvgIpc) is 2.72. The lowest BCUT2D eigenvalue weighted by Crippen LogP contribution is -2.17. The van der Waals surface area contributed by atoms with E-state index >= 15 is 0 Å².